The second kappa shape index (κ2) is 22.5. The van der Waals surface area contributed by atoms with Gasteiger partial charge in [0.1, 0.15) is 11.3 Å². The van der Waals surface area contributed by atoms with E-state index in [4.69, 9.17) is 14.1 Å². The lowest BCUT2D eigenvalue weighted by atomic mass is 9.90. The van der Waals surface area contributed by atoms with E-state index in [-0.39, 0.29) is 18.1 Å². The zero-order valence-corrected chi connectivity index (χ0v) is 32.5. The lowest BCUT2D eigenvalue weighted by molar-refractivity contribution is 0.0498. The Morgan fingerprint density at radius 2 is 1.35 bits per heavy atom. The number of unbranched alkanes of at least 4 members (excludes halogenated alkanes) is 15. The second-order valence-electron chi connectivity index (χ2n) is 14.6. The summed E-state index contributed by atoms with van der Waals surface area (Å²) in [6.07, 6.45) is 22.1. The molecule has 0 saturated heterocycles. The maximum absolute atomic E-state index is 13.6. The lowest BCUT2D eigenvalue weighted by Gasteiger charge is -2.19. The first kappa shape index (κ1) is 40.3. The molecule has 0 amide bonds. The van der Waals surface area contributed by atoms with Crippen molar-refractivity contribution in [3.63, 3.8) is 0 Å². The third kappa shape index (κ3) is 12.6. The van der Waals surface area contributed by atoms with Gasteiger partial charge in [-0.05, 0) is 68.6 Å². The van der Waals surface area contributed by atoms with Gasteiger partial charge < -0.3 is 14.5 Å². The molecule has 0 bridgehead atoms. The Kier molecular flexibility index (Phi) is 17.8. The fourth-order valence-corrected chi connectivity index (χ4v) is 7.08. The molecule has 2 atom stereocenters. The van der Waals surface area contributed by atoms with Gasteiger partial charge in [0.15, 0.2) is 0 Å². The van der Waals surface area contributed by atoms with Crippen LogP contribution in [0.2, 0.25) is 0 Å². The summed E-state index contributed by atoms with van der Waals surface area (Å²) in [4.78, 5) is 18.5. The Hall–Kier alpha value is -3.44. The monoisotopic (exact) mass is 695 g/mol. The standard InChI is InChI=1S/C46H66N2O3/c1-6-9-10-11-12-13-14-15-16-17-18-19-20-21-22-25-32-50-46(49)40-27-24-23-26-39(40)45-41-30-28-37(36(5)47-8-3)33-43(41)51-44-34-38(29-31-42(44)45)48-35(4)7-2/h23-24,26-31,33-36,47H,6-22,25,32H2,1-5H3/b48-38+. The number of hydrogen-bond acceptors (Lipinski definition) is 5. The van der Waals surface area contributed by atoms with Crippen molar-refractivity contribution < 1.29 is 13.9 Å². The molecule has 0 spiro atoms. The molecule has 0 radical (unpaired) electrons. The quantitative estimate of drug-likeness (QED) is 0.0450. The van der Waals surface area contributed by atoms with Crippen LogP contribution in [0.1, 0.15) is 166 Å². The Labute approximate surface area is 309 Å². The van der Waals surface area contributed by atoms with Gasteiger partial charge in [-0.25, -0.2) is 4.79 Å². The highest BCUT2D eigenvalue weighted by Gasteiger charge is 2.22. The molecule has 51 heavy (non-hydrogen) atoms. The van der Waals surface area contributed by atoms with Gasteiger partial charge in [-0.3, -0.25) is 4.99 Å². The van der Waals surface area contributed by atoms with Crippen molar-refractivity contribution in [2.75, 3.05) is 13.2 Å². The molecule has 2 aliphatic rings. The van der Waals surface area contributed by atoms with Gasteiger partial charge in [-0.15, -0.1) is 0 Å². The average molecular weight is 695 g/mol. The molecule has 1 N–H and O–H groups in total. The highest BCUT2D eigenvalue weighted by molar-refractivity contribution is 6.07. The van der Waals surface area contributed by atoms with Gasteiger partial charge in [-0.2, -0.15) is 0 Å². The fraction of sp³-hybridized carbons (Fsp3) is 0.565. The van der Waals surface area contributed by atoms with Crippen molar-refractivity contribution in [3.8, 4) is 22.5 Å². The molecule has 1 aliphatic heterocycles. The zero-order chi connectivity index (χ0) is 36.3. The highest BCUT2D eigenvalue weighted by Crippen LogP contribution is 2.42. The van der Waals surface area contributed by atoms with E-state index in [1.54, 1.807) is 0 Å². The van der Waals surface area contributed by atoms with E-state index < -0.39 is 0 Å². The number of nitrogens with one attached hydrogen (secondary N) is 1. The molecule has 5 nitrogen and oxygen atoms in total. The summed E-state index contributed by atoms with van der Waals surface area (Å²) >= 11 is 0. The maximum Gasteiger partial charge on any atom is 0.338 e. The van der Waals surface area contributed by atoms with Crippen molar-refractivity contribution in [2.45, 2.75) is 156 Å². The molecule has 2 unspecified atom stereocenters. The number of rotatable bonds is 24. The molecular formula is C46H66N2O3. The average Bonchev–Trinajstić information content (AvgIpc) is 3.14. The first-order valence-electron chi connectivity index (χ1n) is 20.5. The molecular weight excluding hydrogens is 629 g/mol. The highest BCUT2D eigenvalue weighted by atomic mass is 16.5. The number of carbonyl (C=O) groups is 1. The zero-order valence-electron chi connectivity index (χ0n) is 32.5. The fourth-order valence-electron chi connectivity index (χ4n) is 7.08. The van der Waals surface area contributed by atoms with Crippen LogP contribution in [0.4, 0.5) is 0 Å². The van der Waals surface area contributed by atoms with E-state index >= 15 is 0 Å². The topological polar surface area (TPSA) is 63.8 Å². The normalized spacial score (nSPS) is 13.2. The summed E-state index contributed by atoms with van der Waals surface area (Å²) < 4.78 is 12.5. The Balaban J connectivity index is 1.36. The van der Waals surface area contributed by atoms with Gasteiger partial charge >= 0.3 is 5.97 Å². The largest absolute Gasteiger partial charge is 0.462 e. The lowest BCUT2D eigenvalue weighted by Crippen LogP contribution is -2.17. The third-order valence-electron chi connectivity index (χ3n) is 10.3. The summed E-state index contributed by atoms with van der Waals surface area (Å²) in [5, 5.41) is 5.38. The summed E-state index contributed by atoms with van der Waals surface area (Å²) in [7, 11) is 0. The van der Waals surface area contributed by atoms with E-state index in [0.29, 0.717) is 12.2 Å². The molecule has 278 valence electrons. The van der Waals surface area contributed by atoms with Crippen LogP contribution < -0.4 is 10.7 Å². The summed E-state index contributed by atoms with van der Waals surface area (Å²) in [5.41, 5.74) is 5.33. The Morgan fingerprint density at radius 1 is 0.725 bits per heavy atom. The summed E-state index contributed by atoms with van der Waals surface area (Å²) in [5.74, 6) is 0.487. The molecule has 2 aromatic rings. The minimum Gasteiger partial charge on any atom is -0.462 e. The molecule has 5 heteroatoms. The molecule has 4 rings (SSSR count). The van der Waals surface area contributed by atoms with E-state index in [2.05, 4.69) is 70.3 Å². The van der Waals surface area contributed by atoms with Gasteiger partial charge in [0.2, 0.25) is 0 Å². The van der Waals surface area contributed by atoms with Crippen LogP contribution >= 0.6 is 0 Å². The predicted molar refractivity (Wildman–Crippen MR) is 216 cm³/mol. The minimum absolute atomic E-state index is 0.187. The smallest absolute Gasteiger partial charge is 0.338 e. The number of benzene rings is 3. The van der Waals surface area contributed by atoms with Gasteiger partial charge in [0, 0.05) is 34.7 Å². The number of ether oxygens (including phenoxy) is 1. The van der Waals surface area contributed by atoms with Crippen LogP contribution in [-0.2, 0) is 4.74 Å². The molecule has 0 saturated carbocycles. The van der Waals surface area contributed by atoms with Crippen LogP contribution in [0.5, 0.6) is 0 Å². The van der Waals surface area contributed by atoms with Crippen molar-refractivity contribution >= 4 is 16.9 Å². The van der Waals surface area contributed by atoms with Gasteiger partial charge in [-0.1, -0.05) is 147 Å². The third-order valence-corrected chi connectivity index (χ3v) is 10.3. The minimum atomic E-state index is -0.269. The molecule has 0 fully saturated rings. The van der Waals surface area contributed by atoms with Crippen molar-refractivity contribution in [1.82, 2.24) is 5.32 Å². The van der Waals surface area contributed by atoms with Crippen molar-refractivity contribution in [2.24, 2.45) is 4.99 Å². The summed E-state index contributed by atoms with van der Waals surface area (Å²) in [6, 6.07) is 20.8. The number of esters is 1. The molecule has 1 heterocycles. The first-order chi connectivity index (χ1) is 25.0. The van der Waals surface area contributed by atoms with Crippen molar-refractivity contribution in [3.05, 3.63) is 77.1 Å². The van der Waals surface area contributed by atoms with E-state index in [1.165, 1.54) is 89.9 Å². The van der Waals surface area contributed by atoms with Crippen LogP contribution in [-0.4, -0.2) is 25.2 Å². The van der Waals surface area contributed by atoms with Crippen LogP contribution in [0.3, 0.4) is 0 Å². The number of carbonyl (C=O) groups excluding carboxylic acids is 1. The van der Waals surface area contributed by atoms with Crippen LogP contribution in [0.15, 0.2) is 70.1 Å². The Bertz CT molecular complexity index is 1640. The van der Waals surface area contributed by atoms with Gasteiger partial charge in [0.25, 0.3) is 0 Å². The predicted octanol–water partition coefficient (Wildman–Crippen LogP) is 13.0. The Morgan fingerprint density at radius 3 is 1.98 bits per heavy atom. The molecule has 2 aromatic carbocycles. The molecule has 0 aromatic heterocycles. The van der Waals surface area contributed by atoms with Gasteiger partial charge in [0.05, 0.1) is 17.5 Å². The van der Waals surface area contributed by atoms with E-state index in [1.807, 2.05) is 30.3 Å². The van der Waals surface area contributed by atoms with Crippen LogP contribution in [0, 0.1) is 0 Å². The second-order valence-corrected chi connectivity index (χ2v) is 14.6. The summed E-state index contributed by atoms with van der Waals surface area (Å²) in [6.45, 7) is 12.2. The molecule has 1 aliphatic carbocycles. The van der Waals surface area contributed by atoms with E-state index in [9.17, 15) is 4.79 Å². The number of fused-ring (bicyclic) bond motifs is 2. The first-order valence-corrected chi connectivity index (χ1v) is 20.5. The van der Waals surface area contributed by atoms with Crippen LogP contribution in [0.25, 0.3) is 33.4 Å². The maximum atomic E-state index is 13.6. The van der Waals surface area contributed by atoms with Crippen molar-refractivity contribution in [1.29, 1.82) is 0 Å². The SMILES string of the molecule is CCCCCCCCCCCCCCCCCCOC(=O)c1ccccc1-c1c2cc/c(=N\C(C)CC)cc-2oc2cc(C(C)NCC)ccc12. The number of hydrogen-bond donors (Lipinski definition) is 1. The van der Waals surface area contributed by atoms with E-state index in [0.717, 1.165) is 70.1 Å². The number of nitrogens with zero attached hydrogens (tertiary/aromatic N) is 1.